The number of ether oxygens (including phenoxy) is 2. The Kier molecular flexibility index (Phi) is 3.89. The fraction of sp³-hybridized carbons (Fsp3) is 0.600. The fourth-order valence-corrected chi connectivity index (χ4v) is 3.05. The van der Waals surface area contributed by atoms with Crippen molar-refractivity contribution in [3.8, 4) is 11.5 Å². The summed E-state index contributed by atoms with van der Waals surface area (Å²) in [6.07, 6.45) is 2.65. The van der Waals surface area contributed by atoms with E-state index in [1.165, 1.54) is 31.5 Å². The van der Waals surface area contributed by atoms with E-state index in [-0.39, 0.29) is 0 Å². The smallest absolute Gasteiger partial charge is 0.231 e. The van der Waals surface area contributed by atoms with Crippen molar-refractivity contribution >= 4 is 0 Å². The molecular weight excluding hydrogens is 240 g/mol. The van der Waals surface area contributed by atoms with Crippen molar-refractivity contribution in [1.29, 1.82) is 0 Å². The maximum atomic E-state index is 5.44. The Balaban J connectivity index is 1.61. The molecule has 4 heteroatoms. The van der Waals surface area contributed by atoms with Crippen LogP contribution in [0.3, 0.4) is 0 Å². The van der Waals surface area contributed by atoms with E-state index in [4.69, 9.17) is 9.47 Å². The van der Waals surface area contributed by atoms with E-state index in [0.29, 0.717) is 6.79 Å². The van der Waals surface area contributed by atoms with Crippen LogP contribution in [0.25, 0.3) is 0 Å². The first-order chi connectivity index (χ1) is 9.35. The highest BCUT2D eigenvalue weighted by Gasteiger charge is 2.20. The molecule has 0 spiro atoms. The quantitative estimate of drug-likeness (QED) is 0.898. The van der Waals surface area contributed by atoms with Crippen LogP contribution >= 0.6 is 0 Å². The molecule has 1 aromatic carbocycles. The lowest BCUT2D eigenvalue weighted by Gasteiger charge is -2.32. The highest BCUT2D eigenvalue weighted by atomic mass is 16.7. The molecule has 19 heavy (non-hydrogen) atoms. The van der Waals surface area contributed by atoms with Gasteiger partial charge in [0.15, 0.2) is 11.5 Å². The van der Waals surface area contributed by atoms with Gasteiger partial charge >= 0.3 is 0 Å². The van der Waals surface area contributed by atoms with Crippen molar-refractivity contribution in [2.75, 3.05) is 33.5 Å². The zero-order valence-corrected chi connectivity index (χ0v) is 11.5. The minimum absolute atomic E-state index is 0.354. The van der Waals surface area contributed by atoms with Gasteiger partial charge in [0.05, 0.1) is 0 Å². The molecule has 104 valence electrons. The maximum absolute atomic E-state index is 5.44. The molecule has 2 aliphatic rings. The average molecular weight is 262 g/mol. The van der Waals surface area contributed by atoms with Crippen molar-refractivity contribution in [2.45, 2.75) is 19.4 Å². The zero-order chi connectivity index (χ0) is 13.1. The molecule has 1 N–H and O–H groups in total. The zero-order valence-electron chi connectivity index (χ0n) is 11.5. The molecule has 3 rings (SSSR count). The van der Waals surface area contributed by atoms with Crippen molar-refractivity contribution in [3.63, 3.8) is 0 Å². The van der Waals surface area contributed by atoms with Crippen molar-refractivity contribution in [1.82, 2.24) is 10.2 Å². The molecule has 0 aliphatic carbocycles. The van der Waals surface area contributed by atoms with E-state index in [1.54, 1.807) is 0 Å². The van der Waals surface area contributed by atoms with Gasteiger partial charge in [-0.15, -0.1) is 0 Å². The molecular formula is C15H22N2O2. The maximum Gasteiger partial charge on any atom is 0.231 e. The third-order valence-electron chi connectivity index (χ3n) is 3.94. The average Bonchev–Trinajstić information content (AvgIpc) is 2.87. The first-order valence-corrected chi connectivity index (χ1v) is 7.10. The summed E-state index contributed by atoms with van der Waals surface area (Å²) in [7, 11) is 2.04. The normalized spacial score (nSPS) is 22.7. The number of benzene rings is 1. The van der Waals surface area contributed by atoms with Crippen molar-refractivity contribution in [2.24, 2.45) is 5.92 Å². The topological polar surface area (TPSA) is 33.7 Å². The summed E-state index contributed by atoms with van der Waals surface area (Å²) in [5.41, 5.74) is 1.31. The highest BCUT2D eigenvalue weighted by molar-refractivity contribution is 5.44. The molecule has 4 nitrogen and oxygen atoms in total. The first kappa shape index (κ1) is 12.8. The molecule has 1 atom stereocenters. The third-order valence-corrected chi connectivity index (χ3v) is 3.94. The first-order valence-electron chi connectivity index (χ1n) is 7.10. The summed E-state index contributed by atoms with van der Waals surface area (Å²) < 4.78 is 10.8. The van der Waals surface area contributed by atoms with E-state index in [0.717, 1.165) is 30.5 Å². The second-order valence-corrected chi connectivity index (χ2v) is 5.49. The predicted octanol–water partition coefficient (Wildman–Crippen LogP) is 1.85. The van der Waals surface area contributed by atoms with Gasteiger partial charge < -0.3 is 14.8 Å². The number of fused-ring (bicyclic) bond motifs is 1. The van der Waals surface area contributed by atoms with Gasteiger partial charge in [-0.1, -0.05) is 6.07 Å². The Hall–Kier alpha value is -1.26. The molecule has 1 aromatic rings. The molecule has 0 aromatic heterocycles. The van der Waals surface area contributed by atoms with Crippen LogP contribution < -0.4 is 14.8 Å². The van der Waals surface area contributed by atoms with Crippen LogP contribution in [0.1, 0.15) is 18.4 Å². The lowest BCUT2D eigenvalue weighted by molar-refractivity contribution is 0.166. The Morgan fingerprint density at radius 2 is 2.21 bits per heavy atom. The summed E-state index contributed by atoms with van der Waals surface area (Å²) in [5.74, 6) is 2.55. The number of hydrogen-bond acceptors (Lipinski definition) is 4. The molecule has 0 amide bonds. The number of likely N-dealkylation sites (tertiary alicyclic amines) is 1. The Morgan fingerprint density at radius 1 is 1.32 bits per heavy atom. The van der Waals surface area contributed by atoms with Crippen molar-refractivity contribution in [3.05, 3.63) is 23.8 Å². The standard InChI is InChI=1S/C15H22N2O2/c1-16-8-13-3-2-6-17(10-13)9-12-4-5-14-15(7-12)19-11-18-14/h4-5,7,13,16H,2-3,6,8-11H2,1H3. The van der Waals surface area contributed by atoms with Gasteiger partial charge in [-0.05, 0) is 56.6 Å². The third kappa shape index (κ3) is 3.01. The minimum Gasteiger partial charge on any atom is -0.454 e. The van der Waals surface area contributed by atoms with Gasteiger partial charge in [-0.25, -0.2) is 0 Å². The van der Waals surface area contributed by atoms with Crippen molar-refractivity contribution < 1.29 is 9.47 Å². The molecule has 0 radical (unpaired) electrons. The second kappa shape index (κ2) is 5.80. The van der Waals surface area contributed by atoms with Gasteiger partial charge in [0.2, 0.25) is 6.79 Å². The molecule has 1 unspecified atom stereocenters. The molecule has 0 saturated carbocycles. The van der Waals surface area contributed by atoms with Crippen LogP contribution in [0.2, 0.25) is 0 Å². The molecule has 2 heterocycles. The molecule has 0 bridgehead atoms. The molecule has 2 aliphatic heterocycles. The predicted molar refractivity (Wildman–Crippen MR) is 74.5 cm³/mol. The van der Waals surface area contributed by atoms with Crippen LogP contribution in [0.15, 0.2) is 18.2 Å². The summed E-state index contributed by atoms with van der Waals surface area (Å²) >= 11 is 0. The number of nitrogens with one attached hydrogen (secondary N) is 1. The Morgan fingerprint density at radius 3 is 3.11 bits per heavy atom. The van der Waals surface area contributed by atoms with Crippen LogP contribution in [-0.2, 0) is 6.54 Å². The number of rotatable bonds is 4. The number of piperidine rings is 1. The second-order valence-electron chi connectivity index (χ2n) is 5.49. The van der Waals surface area contributed by atoms with Gasteiger partial charge in [0.1, 0.15) is 0 Å². The van der Waals surface area contributed by atoms with E-state index in [1.807, 2.05) is 13.1 Å². The van der Waals surface area contributed by atoms with Crippen LogP contribution in [0.4, 0.5) is 0 Å². The lowest BCUT2D eigenvalue weighted by Crippen LogP contribution is -2.38. The number of nitrogens with zero attached hydrogens (tertiary/aromatic N) is 1. The van der Waals surface area contributed by atoms with Crippen LogP contribution in [-0.4, -0.2) is 38.4 Å². The van der Waals surface area contributed by atoms with E-state index in [9.17, 15) is 0 Å². The number of hydrogen-bond donors (Lipinski definition) is 1. The summed E-state index contributed by atoms with van der Waals surface area (Å²) in [4.78, 5) is 2.54. The SMILES string of the molecule is CNCC1CCCN(Cc2ccc3c(c2)OCO3)C1. The van der Waals surface area contributed by atoms with E-state index in [2.05, 4.69) is 22.3 Å². The van der Waals surface area contributed by atoms with E-state index < -0.39 is 0 Å². The Bertz CT molecular complexity index is 434. The lowest BCUT2D eigenvalue weighted by atomic mass is 9.97. The fourth-order valence-electron chi connectivity index (χ4n) is 3.05. The highest BCUT2D eigenvalue weighted by Crippen LogP contribution is 2.33. The monoisotopic (exact) mass is 262 g/mol. The van der Waals surface area contributed by atoms with Gasteiger partial charge in [-0.2, -0.15) is 0 Å². The summed E-state index contributed by atoms with van der Waals surface area (Å²) in [6, 6.07) is 6.28. The summed E-state index contributed by atoms with van der Waals surface area (Å²) in [6.45, 7) is 4.88. The van der Waals surface area contributed by atoms with E-state index >= 15 is 0 Å². The van der Waals surface area contributed by atoms with Gasteiger partial charge in [-0.3, -0.25) is 4.90 Å². The summed E-state index contributed by atoms with van der Waals surface area (Å²) in [5, 5.41) is 3.29. The van der Waals surface area contributed by atoms with Crippen LogP contribution in [0.5, 0.6) is 11.5 Å². The van der Waals surface area contributed by atoms with Gasteiger partial charge in [0.25, 0.3) is 0 Å². The molecule has 1 saturated heterocycles. The molecule has 1 fully saturated rings. The van der Waals surface area contributed by atoms with Crippen LogP contribution in [0, 0.1) is 5.92 Å². The van der Waals surface area contributed by atoms with Gasteiger partial charge in [0, 0.05) is 13.1 Å². The largest absolute Gasteiger partial charge is 0.454 e. The Labute approximate surface area is 114 Å². The minimum atomic E-state index is 0.354.